The Labute approximate surface area is 103 Å². The van der Waals surface area contributed by atoms with Gasteiger partial charge in [-0.15, -0.1) is 0 Å². The van der Waals surface area contributed by atoms with E-state index in [1.54, 1.807) is 4.57 Å². The number of carboxylic acid groups (broad SMARTS) is 1. The van der Waals surface area contributed by atoms with Crippen molar-refractivity contribution in [1.29, 1.82) is 0 Å². The molecule has 0 atom stereocenters. The van der Waals surface area contributed by atoms with Crippen molar-refractivity contribution >= 4 is 17.6 Å². The highest BCUT2D eigenvalue weighted by atomic mass is 35.5. The van der Waals surface area contributed by atoms with Crippen LogP contribution in [0.1, 0.15) is 21.7 Å². The van der Waals surface area contributed by atoms with Gasteiger partial charge in [-0.3, -0.25) is 4.57 Å². The number of carbonyl (C=O) groups is 1. The second kappa shape index (κ2) is 4.18. The molecule has 0 bridgehead atoms. The summed E-state index contributed by atoms with van der Waals surface area (Å²) in [6.45, 7) is 3.69. The van der Waals surface area contributed by atoms with Gasteiger partial charge in [-0.1, -0.05) is 11.6 Å². The maximum Gasteiger partial charge on any atom is 0.339 e. The second-order valence-electron chi connectivity index (χ2n) is 3.60. The molecule has 0 fully saturated rings. The number of pyridine rings is 1. The molecule has 17 heavy (non-hydrogen) atoms. The highest BCUT2D eigenvalue weighted by Gasteiger charge is 2.16. The van der Waals surface area contributed by atoms with E-state index in [2.05, 4.69) is 9.97 Å². The lowest BCUT2D eigenvalue weighted by Crippen LogP contribution is -2.08. The maximum absolute atomic E-state index is 11.1. The molecule has 0 aliphatic heterocycles. The predicted octanol–water partition coefficient (Wildman–Crippen LogP) is 2.24. The molecule has 1 N–H and O–H groups in total. The maximum atomic E-state index is 11.1. The molecule has 2 heterocycles. The Hall–Kier alpha value is -1.88. The number of carboxylic acids is 1. The SMILES string of the molecule is Cc1ncn(-c2nc(Cl)ccc2C(=O)O)c1C. The molecule has 2 rings (SSSR count). The number of imidazole rings is 1. The Morgan fingerprint density at radius 2 is 2.12 bits per heavy atom. The first-order chi connectivity index (χ1) is 8.00. The second-order valence-corrected chi connectivity index (χ2v) is 3.98. The highest BCUT2D eigenvalue weighted by molar-refractivity contribution is 6.29. The summed E-state index contributed by atoms with van der Waals surface area (Å²) in [4.78, 5) is 19.3. The molecule has 0 aliphatic rings. The van der Waals surface area contributed by atoms with Crippen molar-refractivity contribution in [3.63, 3.8) is 0 Å². The van der Waals surface area contributed by atoms with E-state index in [0.717, 1.165) is 11.4 Å². The monoisotopic (exact) mass is 251 g/mol. The summed E-state index contributed by atoms with van der Waals surface area (Å²) in [6, 6.07) is 2.88. The predicted molar refractivity (Wildman–Crippen MR) is 62.8 cm³/mol. The van der Waals surface area contributed by atoms with E-state index in [9.17, 15) is 4.79 Å². The van der Waals surface area contributed by atoms with Crippen LogP contribution in [0.15, 0.2) is 18.5 Å². The Bertz CT molecular complexity index is 592. The van der Waals surface area contributed by atoms with E-state index in [-0.39, 0.29) is 16.5 Å². The van der Waals surface area contributed by atoms with Gasteiger partial charge in [0.1, 0.15) is 17.0 Å². The first-order valence-electron chi connectivity index (χ1n) is 4.91. The molecule has 2 aromatic heterocycles. The normalized spacial score (nSPS) is 10.5. The number of halogens is 1. The number of nitrogens with zero attached hydrogens (tertiary/aromatic N) is 3. The Balaban J connectivity index is 2.69. The number of aromatic carboxylic acids is 1. The van der Waals surface area contributed by atoms with Gasteiger partial charge in [0.05, 0.1) is 5.69 Å². The van der Waals surface area contributed by atoms with Crippen molar-refractivity contribution in [2.24, 2.45) is 0 Å². The molecule has 2 aromatic rings. The average molecular weight is 252 g/mol. The molecule has 88 valence electrons. The van der Waals surface area contributed by atoms with Crippen LogP contribution in [-0.2, 0) is 0 Å². The standard InChI is InChI=1S/C11H10ClN3O2/c1-6-7(2)15(5-13-6)10-8(11(16)17)3-4-9(12)14-10/h3-5H,1-2H3,(H,16,17). The number of hydrogen-bond donors (Lipinski definition) is 1. The zero-order valence-electron chi connectivity index (χ0n) is 9.31. The van der Waals surface area contributed by atoms with Gasteiger partial charge in [0.25, 0.3) is 0 Å². The molecule has 0 aromatic carbocycles. The van der Waals surface area contributed by atoms with E-state index in [4.69, 9.17) is 16.7 Å². The third kappa shape index (κ3) is 2.01. The zero-order chi connectivity index (χ0) is 12.6. The van der Waals surface area contributed by atoms with Gasteiger partial charge in [-0.2, -0.15) is 0 Å². The van der Waals surface area contributed by atoms with Crippen LogP contribution in [0.25, 0.3) is 5.82 Å². The molecule has 0 radical (unpaired) electrons. The van der Waals surface area contributed by atoms with Crippen LogP contribution >= 0.6 is 11.6 Å². The highest BCUT2D eigenvalue weighted by Crippen LogP contribution is 2.18. The van der Waals surface area contributed by atoms with E-state index in [1.807, 2.05) is 13.8 Å². The molecule has 0 saturated carbocycles. The Morgan fingerprint density at radius 1 is 1.41 bits per heavy atom. The minimum absolute atomic E-state index is 0.0925. The van der Waals surface area contributed by atoms with Gasteiger partial charge in [0.2, 0.25) is 0 Å². The average Bonchev–Trinajstić information content (AvgIpc) is 2.59. The van der Waals surface area contributed by atoms with Gasteiger partial charge in [-0.25, -0.2) is 14.8 Å². The van der Waals surface area contributed by atoms with Gasteiger partial charge in [0.15, 0.2) is 5.82 Å². The fourth-order valence-electron chi connectivity index (χ4n) is 1.49. The molecule has 5 nitrogen and oxygen atoms in total. The lowest BCUT2D eigenvalue weighted by atomic mass is 10.2. The third-order valence-corrected chi connectivity index (χ3v) is 2.76. The van der Waals surface area contributed by atoms with Gasteiger partial charge < -0.3 is 5.11 Å². The summed E-state index contributed by atoms with van der Waals surface area (Å²) in [5, 5.41) is 9.34. The minimum atomic E-state index is -1.05. The van der Waals surface area contributed by atoms with Crippen LogP contribution in [0.2, 0.25) is 5.15 Å². The summed E-state index contributed by atoms with van der Waals surface area (Å²) < 4.78 is 1.62. The van der Waals surface area contributed by atoms with Crippen LogP contribution < -0.4 is 0 Å². The van der Waals surface area contributed by atoms with Crippen LogP contribution in [0, 0.1) is 13.8 Å². The van der Waals surface area contributed by atoms with Crippen molar-refractivity contribution in [3.05, 3.63) is 40.6 Å². The number of hydrogen-bond acceptors (Lipinski definition) is 3. The zero-order valence-corrected chi connectivity index (χ0v) is 10.1. The summed E-state index contributed by atoms with van der Waals surface area (Å²) >= 11 is 5.79. The molecule has 6 heteroatoms. The summed E-state index contributed by atoms with van der Waals surface area (Å²) in [6.07, 6.45) is 1.54. The van der Waals surface area contributed by atoms with E-state index in [1.165, 1.54) is 18.5 Å². The van der Waals surface area contributed by atoms with Crippen LogP contribution in [0.4, 0.5) is 0 Å². The largest absolute Gasteiger partial charge is 0.478 e. The van der Waals surface area contributed by atoms with Crippen LogP contribution in [0.5, 0.6) is 0 Å². The molecule has 0 aliphatic carbocycles. The first kappa shape index (κ1) is 11.6. The van der Waals surface area contributed by atoms with Gasteiger partial charge >= 0.3 is 5.97 Å². The first-order valence-corrected chi connectivity index (χ1v) is 5.29. The van der Waals surface area contributed by atoms with Crippen LogP contribution in [-0.4, -0.2) is 25.6 Å². The number of aromatic nitrogens is 3. The molecule has 0 unspecified atom stereocenters. The van der Waals surface area contributed by atoms with Crippen molar-refractivity contribution in [2.45, 2.75) is 13.8 Å². The fourth-order valence-corrected chi connectivity index (χ4v) is 1.63. The molecular formula is C11H10ClN3O2. The van der Waals surface area contributed by atoms with Gasteiger partial charge in [-0.05, 0) is 26.0 Å². The lowest BCUT2D eigenvalue weighted by molar-refractivity contribution is 0.0696. The molecular weight excluding hydrogens is 242 g/mol. The van der Waals surface area contributed by atoms with E-state index in [0.29, 0.717) is 0 Å². The minimum Gasteiger partial charge on any atom is -0.478 e. The topological polar surface area (TPSA) is 68.0 Å². The van der Waals surface area contributed by atoms with Crippen molar-refractivity contribution in [2.75, 3.05) is 0 Å². The lowest BCUT2D eigenvalue weighted by Gasteiger charge is -2.08. The number of rotatable bonds is 2. The van der Waals surface area contributed by atoms with Crippen molar-refractivity contribution in [1.82, 2.24) is 14.5 Å². The number of aryl methyl sites for hydroxylation is 1. The van der Waals surface area contributed by atoms with Crippen molar-refractivity contribution < 1.29 is 9.90 Å². The van der Waals surface area contributed by atoms with E-state index < -0.39 is 5.97 Å². The summed E-state index contributed by atoms with van der Waals surface area (Å²) in [5.74, 6) is -0.766. The quantitative estimate of drug-likeness (QED) is 0.831. The molecule has 0 spiro atoms. The fraction of sp³-hybridized carbons (Fsp3) is 0.182. The Morgan fingerprint density at radius 3 is 2.65 bits per heavy atom. The van der Waals surface area contributed by atoms with Gasteiger partial charge in [0, 0.05) is 5.69 Å². The van der Waals surface area contributed by atoms with Crippen molar-refractivity contribution in [3.8, 4) is 5.82 Å². The van der Waals surface area contributed by atoms with Crippen LogP contribution in [0.3, 0.4) is 0 Å². The van der Waals surface area contributed by atoms with E-state index >= 15 is 0 Å². The Kier molecular flexibility index (Phi) is 2.85. The summed E-state index contributed by atoms with van der Waals surface area (Å²) in [5.41, 5.74) is 1.75. The third-order valence-electron chi connectivity index (χ3n) is 2.55. The molecule has 0 amide bonds. The summed E-state index contributed by atoms with van der Waals surface area (Å²) in [7, 11) is 0. The smallest absolute Gasteiger partial charge is 0.339 e. The molecule has 0 saturated heterocycles.